The molecule has 3 rings (SSSR count). The quantitative estimate of drug-likeness (QED) is 0.431. The molecule has 0 amide bonds. The van der Waals surface area contributed by atoms with E-state index in [1.807, 2.05) is 0 Å². The smallest absolute Gasteiger partial charge is 0.194 e. The molecule has 0 heterocycles. The molecule has 0 atom stereocenters. The summed E-state index contributed by atoms with van der Waals surface area (Å²) in [6.07, 6.45) is 0. The minimum absolute atomic E-state index is 0.279. The molecule has 138 valence electrons. The maximum absolute atomic E-state index is 12.6. The normalized spacial score (nSPS) is 11.2. The second-order valence-electron chi connectivity index (χ2n) is 5.51. The minimum atomic E-state index is -4.50. The number of benzene rings is 3. The Morgan fingerprint density at radius 1 is 0.852 bits per heavy atom. The molecule has 27 heavy (non-hydrogen) atoms. The van der Waals surface area contributed by atoms with Crippen LogP contribution in [0.5, 0.6) is 11.5 Å². The van der Waals surface area contributed by atoms with E-state index in [1.165, 1.54) is 18.2 Å². The van der Waals surface area contributed by atoms with Crippen LogP contribution < -0.4 is 4.74 Å². The van der Waals surface area contributed by atoms with Gasteiger partial charge in [-0.3, -0.25) is 4.79 Å². The highest BCUT2D eigenvalue weighted by atomic mass is 35.5. The maximum atomic E-state index is 12.6. The third kappa shape index (κ3) is 4.67. The van der Waals surface area contributed by atoms with Crippen molar-refractivity contribution >= 4 is 39.1 Å². The summed E-state index contributed by atoms with van der Waals surface area (Å²) in [6, 6.07) is 16.0. The zero-order valence-corrected chi connectivity index (χ0v) is 15.9. The van der Waals surface area contributed by atoms with E-state index in [1.54, 1.807) is 36.4 Å². The summed E-state index contributed by atoms with van der Waals surface area (Å²) in [7, 11) is -4.50. The number of carbonyl (C=O) groups excluding carboxylic acids is 1. The second kappa shape index (κ2) is 7.70. The van der Waals surface area contributed by atoms with Gasteiger partial charge in [0.15, 0.2) is 5.78 Å². The van der Waals surface area contributed by atoms with Gasteiger partial charge in [-0.05, 0) is 66.7 Å². The topological polar surface area (TPSA) is 83.5 Å². The predicted molar refractivity (Wildman–Crippen MR) is 101 cm³/mol. The molecule has 0 unspecified atom stereocenters. The molecule has 3 aromatic carbocycles. The molecule has 8 heteroatoms. The summed E-state index contributed by atoms with van der Waals surface area (Å²) in [4.78, 5) is 12.2. The molecule has 0 saturated carbocycles. The fourth-order valence-electron chi connectivity index (χ4n) is 2.31. The van der Waals surface area contributed by atoms with Gasteiger partial charge in [0.1, 0.15) is 21.6 Å². The summed E-state index contributed by atoms with van der Waals surface area (Å²) in [5.74, 6) is 0.500. The minimum Gasteiger partial charge on any atom is -0.744 e. The Morgan fingerprint density at radius 3 is 1.96 bits per heavy atom. The van der Waals surface area contributed by atoms with E-state index < -0.39 is 10.1 Å². The number of rotatable bonds is 5. The number of hydrogen-bond acceptors (Lipinski definition) is 5. The van der Waals surface area contributed by atoms with Crippen LogP contribution in [0.25, 0.3) is 0 Å². The number of carbonyl (C=O) groups is 1. The van der Waals surface area contributed by atoms with E-state index in [9.17, 15) is 17.8 Å². The molecule has 0 aliphatic heterocycles. The summed E-state index contributed by atoms with van der Waals surface area (Å²) in [6.45, 7) is 0. The van der Waals surface area contributed by atoms with Gasteiger partial charge in [-0.2, -0.15) is 0 Å². The molecule has 0 spiro atoms. The lowest BCUT2D eigenvalue weighted by Crippen LogP contribution is -2.02. The molecule has 5 nitrogen and oxygen atoms in total. The van der Waals surface area contributed by atoms with Gasteiger partial charge >= 0.3 is 0 Å². The van der Waals surface area contributed by atoms with Crippen molar-refractivity contribution in [3.63, 3.8) is 0 Å². The van der Waals surface area contributed by atoms with E-state index in [-0.39, 0.29) is 10.7 Å². The van der Waals surface area contributed by atoms with Crippen LogP contribution in [0.4, 0.5) is 0 Å². The van der Waals surface area contributed by atoms with E-state index in [0.717, 1.165) is 12.1 Å². The average molecular weight is 422 g/mol. The first kappa shape index (κ1) is 19.4. The first-order chi connectivity index (χ1) is 12.7. The molecule has 0 radical (unpaired) electrons. The number of ether oxygens (including phenoxy) is 1. The molecule has 0 N–H and O–H groups in total. The van der Waals surface area contributed by atoms with Crippen molar-refractivity contribution in [1.29, 1.82) is 0 Å². The van der Waals surface area contributed by atoms with Crippen LogP contribution in [0, 0.1) is 0 Å². The van der Waals surface area contributed by atoms with Crippen molar-refractivity contribution in [2.45, 2.75) is 4.90 Å². The molecule has 0 bridgehead atoms. The lowest BCUT2D eigenvalue weighted by Gasteiger charge is -2.10. The predicted octanol–water partition coefficient (Wildman–Crippen LogP) is 4.92. The molecule has 0 aliphatic carbocycles. The van der Waals surface area contributed by atoms with Crippen LogP contribution in [0.1, 0.15) is 15.9 Å². The molecular weight excluding hydrogens is 411 g/mol. The Kier molecular flexibility index (Phi) is 5.53. The van der Waals surface area contributed by atoms with Gasteiger partial charge in [-0.25, -0.2) is 8.42 Å². The highest BCUT2D eigenvalue weighted by Gasteiger charge is 2.13. The number of hydrogen-bond donors (Lipinski definition) is 0. The van der Waals surface area contributed by atoms with E-state index >= 15 is 0 Å². The number of ketones is 1. The van der Waals surface area contributed by atoms with Crippen molar-refractivity contribution in [3.05, 3.63) is 87.9 Å². The van der Waals surface area contributed by atoms with E-state index in [4.69, 9.17) is 27.9 Å². The molecule has 0 aromatic heterocycles. The SMILES string of the molecule is O=C(c1ccc(Oc2ccc(S(=O)(=O)[O-])cc2)cc1)c1cc(Cl)ccc1Cl. The van der Waals surface area contributed by atoms with E-state index in [0.29, 0.717) is 32.7 Å². The van der Waals surface area contributed by atoms with Crippen LogP contribution >= 0.6 is 23.2 Å². The van der Waals surface area contributed by atoms with Gasteiger partial charge in [0, 0.05) is 16.1 Å². The molecule has 0 fully saturated rings. The summed E-state index contributed by atoms with van der Waals surface area (Å²) in [5.41, 5.74) is 0.701. The van der Waals surface area contributed by atoms with Gasteiger partial charge in [-0.1, -0.05) is 23.2 Å². The molecule has 0 aliphatic rings. The number of halogens is 2. The fraction of sp³-hybridized carbons (Fsp3) is 0. The summed E-state index contributed by atoms with van der Waals surface area (Å²) in [5, 5.41) is 0.712. The zero-order chi connectivity index (χ0) is 19.6. The van der Waals surface area contributed by atoms with E-state index in [2.05, 4.69) is 0 Å². The lowest BCUT2D eigenvalue weighted by molar-refractivity contribution is 0.103. The van der Waals surface area contributed by atoms with Crippen LogP contribution in [0.3, 0.4) is 0 Å². The zero-order valence-electron chi connectivity index (χ0n) is 13.6. The standard InChI is InChI=1S/C19H12Cl2O5S/c20-13-3-10-18(21)17(11-13)19(22)12-1-4-14(5-2-12)26-15-6-8-16(9-7-15)27(23,24)25/h1-11H,(H,23,24,25)/p-1. The van der Waals surface area contributed by atoms with Gasteiger partial charge in [-0.15, -0.1) is 0 Å². The van der Waals surface area contributed by atoms with Gasteiger partial charge in [0.05, 0.1) is 9.92 Å². The first-order valence-electron chi connectivity index (χ1n) is 7.58. The van der Waals surface area contributed by atoms with Crippen LogP contribution in [0.2, 0.25) is 10.0 Å². The Balaban J connectivity index is 1.77. The highest BCUT2D eigenvalue weighted by Crippen LogP contribution is 2.26. The Bertz CT molecular complexity index is 1090. The van der Waals surface area contributed by atoms with Crippen molar-refractivity contribution in [1.82, 2.24) is 0 Å². The average Bonchev–Trinajstić information content (AvgIpc) is 2.63. The van der Waals surface area contributed by atoms with Gasteiger partial charge in [0.2, 0.25) is 0 Å². The highest BCUT2D eigenvalue weighted by molar-refractivity contribution is 7.85. The van der Waals surface area contributed by atoms with Gasteiger partial charge < -0.3 is 9.29 Å². The maximum Gasteiger partial charge on any atom is 0.194 e. The fourth-order valence-corrected chi connectivity index (χ4v) is 3.16. The van der Waals surface area contributed by atoms with Crippen molar-refractivity contribution < 1.29 is 22.5 Å². The second-order valence-corrected chi connectivity index (χ2v) is 7.73. The Morgan fingerprint density at radius 2 is 1.41 bits per heavy atom. The van der Waals surface area contributed by atoms with Gasteiger partial charge in [0.25, 0.3) is 0 Å². The third-order valence-corrected chi connectivity index (χ3v) is 5.05. The Labute approximate surface area is 165 Å². The molecule has 3 aromatic rings. The molecule has 0 saturated heterocycles. The van der Waals surface area contributed by atoms with Crippen LogP contribution in [0.15, 0.2) is 71.6 Å². The molecular formula is C19H11Cl2O5S-. The van der Waals surface area contributed by atoms with Crippen molar-refractivity contribution in [2.75, 3.05) is 0 Å². The first-order valence-corrected chi connectivity index (χ1v) is 9.74. The van der Waals surface area contributed by atoms with Crippen molar-refractivity contribution in [2.24, 2.45) is 0 Å². The monoisotopic (exact) mass is 421 g/mol. The van der Waals surface area contributed by atoms with Crippen LogP contribution in [-0.2, 0) is 10.1 Å². The summed E-state index contributed by atoms with van der Waals surface area (Å²) >= 11 is 12.0. The Hall–Kier alpha value is -2.38. The summed E-state index contributed by atoms with van der Waals surface area (Å²) < 4.78 is 38.3. The van der Waals surface area contributed by atoms with Crippen LogP contribution in [-0.4, -0.2) is 18.8 Å². The largest absolute Gasteiger partial charge is 0.744 e. The lowest BCUT2D eigenvalue weighted by atomic mass is 10.0. The third-order valence-electron chi connectivity index (χ3n) is 3.64. The van der Waals surface area contributed by atoms with Crippen molar-refractivity contribution in [3.8, 4) is 11.5 Å².